The molecule has 4 heteroatoms. The normalized spacial score (nSPS) is 10.8. The highest BCUT2D eigenvalue weighted by Crippen LogP contribution is 2.29. The maximum Gasteiger partial charge on any atom is 0.134 e. The van der Waals surface area contributed by atoms with E-state index in [0.29, 0.717) is 6.54 Å². The Kier molecular flexibility index (Phi) is 4.56. The van der Waals surface area contributed by atoms with E-state index in [0.717, 1.165) is 39.8 Å². The van der Waals surface area contributed by atoms with E-state index >= 15 is 0 Å². The Morgan fingerprint density at radius 3 is 2.82 bits per heavy atom. The second kappa shape index (κ2) is 6.77. The molecule has 1 N–H and O–H groups in total. The number of aromatic nitrogens is 1. The molecule has 112 valence electrons. The van der Waals surface area contributed by atoms with Gasteiger partial charge < -0.3 is 9.73 Å². The predicted molar refractivity (Wildman–Crippen MR) is 88.7 cm³/mol. The number of benzene rings is 1. The number of nitrogens with zero attached hydrogens (tertiary/aromatic N) is 1. The predicted octanol–water partition coefficient (Wildman–Crippen LogP) is 4.59. The molecule has 3 rings (SSSR count). The van der Waals surface area contributed by atoms with Crippen LogP contribution in [0.5, 0.6) is 0 Å². The topological polar surface area (TPSA) is 38.1 Å². The number of nitrogens with one attached hydrogen (secondary N) is 1. The zero-order valence-electron chi connectivity index (χ0n) is 12.3. The first kappa shape index (κ1) is 14.8. The Morgan fingerprint density at radius 1 is 1.09 bits per heavy atom. The van der Waals surface area contributed by atoms with Crippen LogP contribution in [0.15, 0.2) is 59.3 Å². The summed E-state index contributed by atoms with van der Waals surface area (Å²) < 4.78 is 5.91. The molecule has 0 aliphatic heterocycles. The summed E-state index contributed by atoms with van der Waals surface area (Å²) >= 11 is 6.16. The Morgan fingerprint density at radius 2 is 2.00 bits per heavy atom. The van der Waals surface area contributed by atoms with Gasteiger partial charge in [-0.25, -0.2) is 0 Å². The zero-order valence-corrected chi connectivity index (χ0v) is 13.1. The SMILES string of the molecule is Cc1c(Cl)cccc1-c1ccc(CNCc2cccnc2)o1. The molecule has 0 bridgehead atoms. The first-order chi connectivity index (χ1) is 10.7. The highest BCUT2D eigenvalue weighted by Gasteiger charge is 2.09. The van der Waals surface area contributed by atoms with Gasteiger partial charge in [0, 0.05) is 29.5 Å². The lowest BCUT2D eigenvalue weighted by atomic mass is 10.1. The number of halogens is 1. The van der Waals surface area contributed by atoms with E-state index in [1.54, 1.807) is 6.20 Å². The molecule has 0 spiro atoms. The highest BCUT2D eigenvalue weighted by atomic mass is 35.5. The molecule has 0 saturated heterocycles. The van der Waals surface area contributed by atoms with Gasteiger partial charge in [-0.3, -0.25) is 4.98 Å². The fourth-order valence-corrected chi connectivity index (χ4v) is 2.50. The van der Waals surface area contributed by atoms with Gasteiger partial charge in [0.15, 0.2) is 0 Å². The van der Waals surface area contributed by atoms with Crippen molar-refractivity contribution in [2.24, 2.45) is 0 Å². The lowest BCUT2D eigenvalue weighted by Crippen LogP contribution is -2.12. The van der Waals surface area contributed by atoms with E-state index < -0.39 is 0 Å². The minimum Gasteiger partial charge on any atom is -0.460 e. The van der Waals surface area contributed by atoms with Gasteiger partial charge in [0.1, 0.15) is 11.5 Å². The summed E-state index contributed by atoms with van der Waals surface area (Å²) in [7, 11) is 0. The Balaban J connectivity index is 1.65. The third kappa shape index (κ3) is 3.38. The van der Waals surface area contributed by atoms with Crippen LogP contribution >= 0.6 is 11.6 Å². The van der Waals surface area contributed by atoms with Crippen molar-refractivity contribution in [3.05, 3.63) is 76.8 Å². The third-order valence-corrected chi connectivity index (χ3v) is 3.96. The van der Waals surface area contributed by atoms with Gasteiger partial charge in [-0.2, -0.15) is 0 Å². The second-order valence-electron chi connectivity index (χ2n) is 5.14. The molecule has 0 radical (unpaired) electrons. The van der Waals surface area contributed by atoms with Gasteiger partial charge in [-0.05, 0) is 42.3 Å². The van der Waals surface area contributed by atoms with Gasteiger partial charge in [0.2, 0.25) is 0 Å². The monoisotopic (exact) mass is 312 g/mol. The standard InChI is InChI=1S/C18H17ClN2O/c1-13-16(5-2-6-17(13)19)18-8-7-15(22-18)12-21-11-14-4-3-9-20-10-14/h2-10,21H,11-12H2,1H3. The van der Waals surface area contributed by atoms with Crippen LogP contribution in [0.25, 0.3) is 11.3 Å². The zero-order chi connectivity index (χ0) is 15.4. The van der Waals surface area contributed by atoms with Crippen LogP contribution in [0.4, 0.5) is 0 Å². The number of hydrogen-bond donors (Lipinski definition) is 1. The maximum absolute atomic E-state index is 6.16. The van der Waals surface area contributed by atoms with Crippen molar-refractivity contribution in [1.29, 1.82) is 0 Å². The van der Waals surface area contributed by atoms with Crippen LogP contribution < -0.4 is 5.32 Å². The molecule has 2 heterocycles. The van der Waals surface area contributed by atoms with E-state index in [-0.39, 0.29) is 0 Å². The van der Waals surface area contributed by atoms with Gasteiger partial charge in [0.05, 0.1) is 6.54 Å². The molecule has 0 fully saturated rings. The first-order valence-electron chi connectivity index (χ1n) is 7.18. The molecule has 1 aromatic carbocycles. The largest absolute Gasteiger partial charge is 0.460 e. The van der Waals surface area contributed by atoms with E-state index in [1.165, 1.54) is 0 Å². The number of rotatable bonds is 5. The molecule has 22 heavy (non-hydrogen) atoms. The molecule has 0 amide bonds. The van der Waals surface area contributed by atoms with Gasteiger partial charge in [-0.15, -0.1) is 0 Å². The fraction of sp³-hybridized carbons (Fsp3) is 0.167. The average molecular weight is 313 g/mol. The molecule has 0 unspecified atom stereocenters. The van der Waals surface area contributed by atoms with Crippen LogP contribution in [-0.4, -0.2) is 4.98 Å². The Labute approximate surface area is 135 Å². The summed E-state index contributed by atoms with van der Waals surface area (Å²) in [6.45, 7) is 3.44. The molecule has 0 aliphatic rings. The van der Waals surface area contributed by atoms with E-state index in [2.05, 4.69) is 10.3 Å². The lowest BCUT2D eigenvalue weighted by Gasteiger charge is -2.05. The molecular weight excluding hydrogens is 296 g/mol. The maximum atomic E-state index is 6.16. The lowest BCUT2D eigenvalue weighted by molar-refractivity contribution is 0.493. The summed E-state index contributed by atoms with van der Waals surface area (Å²) in [5.41, 5.74) is 3.22. The molecule has 3 aromatic rings. The molecule has 0 atom stereocenters. The molecule has 3 nitrogen and oxygen atoms in total. The van der Waals surface area contributed by atoms with Crippen LogP contribution in [-0.2, 0) is 13.1 Å². The van der Waals surface area contributed by atoms with E-state index in [9.17, 15) is 0 Å². The van der Waals surface area contributed by atoms with Gasteiger partial charge in [-0.1, -0.05) is 29.8 Å². The summed E-state index contributed by atoms with van der Waals surface area (Å²) in [4.78, 5) is 4.10. The quantitative estimate of drug-likeness (QED) is 0.748. The van der Waals surface area contributed by atoms with Crippen LogP contribution in [0.1, 0.15) is 16.9 Å². The molecule has 0 aliphatic carbocycles. The van der Waals surface area contributed by atoms with Crippen molar-refractivity contribution in [3.63, 3.8) is 0 Å². The Hall–Kier alpha value is -2.10. The smallest absolute Gasteiger partial charge is 0.134 e. The van der Waals surface area contributed by atoms with Gasteiger partial charge >= 0.3 is 0 Å². The Bertz CT molecular complexity index is 753. The first-order valence-corrected chi connectivity index (χ1v) is 7.55. The molecular formula is C18H17ClN2O. The minimum absolute atomic E-state index is 0.675. The van der Waals surface area contributed by atoms with E-state index in [4.69, 9.17) is 16.0 Å². The van der Waals surface area contributed by atoms with Crippen molar-refractivity contribution in [1.82, 2.24) is 10.3 Å². The fourth-order valence-electron chi connectivity index (χ4n) is 2.32. The molecule has 2 aromatic heterocycles. The number of pyridine rings is 1. The van der Waals surface area contributed by atoms with Crippen molar-refractivity contribution in [2.45, 2.75) is 20.0 Å². The minimum atomic E-state index is 0.675. The third-order valence-electron chi connectivity index (χ3n) is 3.55. The van der Waals surface area contributed by atoms with Crippen LogP contribution in [0, 0.1) is 6.92 Å². The van der Waals surface area contributed by atoms with Crippen molar-refractivity contribution >= 4 is 11.6 Å². The summed E-state index contributed by atoms with van der Waals surface area (Å²) in [5, 5.41) is 4.10. The highest BCUT2D eigenvalue weighted by molar-refractivity contribution is 6.31. The summed E-state index contributed by atoms with van der Waals surface area (Å²) in [6, 6.07) is 13.8. The van der Waals surface area contributed by atoms with Crippen LogP contribution in [0.3, 0.4) is 0 Å². The van der Waals surface area contributed by atoms with Crippen molar-refractivity contribution in [2.75, 3.05) is 0 Å². The summed E-state index contributed by atoms with van der Waals surface area (Å²) in [5.74, 6) is 1.75. The number of hydrogen-bond acceptors (Lipinski definition) is 3. The summed E-state index contributed by atoms with van der Waals surface area (Å²) in [6.07, 6.45) is 3.63. The molecule has 0 saturated carbocycles. The van der Waals surface area contributed by atoms with Crippen LogP contribution in [0.2, 0.25) is 5.02 Å². The van der Waals surface area contributed by atoms with E-state index in [1.807, 2.05) is 55.6 Å². The average Bonchev–Trinajstić information content (AvgIpc) is 3.00. The second-order valence-corrected chi connectivity index (χ2v) is 5.55. The van der Waals surface area contributed by atoms with Crippen molar-refractivity contribution in [3.8, 4) is 11.3 Å². The van der Waals surface area contributed by atoms with Gasteiger partial charge in [0.25, 0.3) is 0 Å². The number of furan rings is 1. The van der Waals surface area contributed by atoms with Crippen molar-refractivity contribution < 1.29 is 4.42 Å².